The topological polar surface area (TPSA) is 84.5 Å². The quantitative estimate of drug-likeness (QED) is 0.510. The lowest BCUT2D eigenvalue weighted by molar-refractivity contribution is -0.145. The summed E-state index contributed by atoms with van der Waals surface area (Å²) in [6.07, 6.45) is 0. The first kappa shape index (κ1) is 20.9. The maximum absolute atomic E-state index is 13.4. The molecule has 9 heteroatoms. The van der Waals surface area contributed by atoms with Gasteiger partial charge in [0.25, 0.3) is 5.91 Å². The minimum absolute atomic E-state index is 0.0250. The second-order valence-corrected chi connectivity index (χ2v) is 7.27. The van der Waals surface area contributed by atoms with Crippen LogP contribution in [0, 0.1) is 12.7 Å². The lowest BCUT2D eigenvalue weighted by Gasteiger charge is -2.08. The predicted octanol–water partition coefficient (Wildman–Crippen LogP) is 3.88. The molecule has 0 heterocycles. The van der Waals surface area contributed by atoms with E-state index in [-0.39, 0.29) is 11.4 Å². The van der Waals surface area contributed by atoms with Gasteiger partial charge in [-0.05, 0) is 42.8 Å². The van der Waals surface area contributed by atoms with Gasteiger partial charge in [-0.15, -0.1) is 11.8 Å². The number of nitrogens with one attached hydrogen (secondary N) is 2. The number of carbonyl (C=O) groups excluding carboxylic acids is 3. The van der Waals surface area contributed by atoms with Gasteiger partial charge >= 0.3 is 12.0 Å². The monoisotopic (exact) mass is 454 g/mol. The highest BCUT2D eigenvalue weighted by molar-refractivity contribution is 9.10. The average molecular weight is 455 g/mol. The van der Waals surface area contributed by atoms with E-state index in [0.717, 1.165) is 14.9 Å². The molecule has 27 heavy (non-hydrogen) atoms. The van der Waals surface area contributed by atoms with E-state index in [1.807, 2.05) is 30.4 Å². The largest absolute Gasteiger partial charge is 0.455 e. The molecule has 0 fully saturated rings. The Balaban J connectivity index is 1.72. The standard InChI is InChI=1S/C18H16BrFN2O4S/c1-11-8-12(19)6-7-15(11)27-10-17(24)26-9-16(23)22-18(25)21-14-5-3-2-4-13(14)20/h2-8H,9-10H2,1H3,(H2,21,22,23,25). The fourth-order valence-corrected chi connectivity index (χ4v) is 3.26. The summed E-state index contributed by atoms with van der Waals surface area (Å²) in [6.45, 7) is 1.31. The van der Waals surface area contributed by atoms with E-state index in [2.05, 4.69) is 21.2 Å². The molecule has 2 N–H and O–H groups in total. The van der Waals surface area contributed by atoms with Gasteiger partial charge in [0.2, 0.25) is 0 Å². The van der Waals surface area contributed by atoms with Crippen LogP contribution in [0.25, 0.3) is 0 Å². The normalized spacial score (nSPS) is 10.2. The van der Waals surface area contributed by atoms with E-state index < -0.39 is 30.3 Å². The molecule has 0 aromatic heterocycles. The summed E-state index contributed by atoms with van der Waals surface area (Å²) in [7, 11) is 0. The number of aryl methyl sites for hydroxylation is 1. The summed E-state index contributed by atoms with van der Waals surface area (Å²) < 4.78 is 19.2. The molecule has 0 aliphatic carbocycles. The number of esters is 1. The Morgan fingerprint density at radius 3 is 2.63 bits per heavy atom. The van der Waals surface area contributed by atoms with Crippen molar-refractivity contribution in [3.63, 3.8) is 0 Å². The molecule has 0 bridgehead atoms. The smallest absolute Gasteiger partial charge is 0.326 e. The number of rotatable bonds is 6. The van der Waals surface area contributed by atoms with E-state index in [1.54, 1.807) is 0 Å². The molecule has 6 nitrogen and oxygen atoms in total. The number of anilines is 1. The van der Waals surface area contributed by atoms with Crippen molar-refractivity contribution in [2.75, 3.05) is 17.7 Å². The van der Waals surface area contributed by atoms with E-state index in [9.17, 15) is 18.8 Å². The first-order chi connectivity index (χ1) is 12.8. The van der Waals surface area contributed by atoms with Gasteiger partial charge in [0, 0.05) is 9.37 Å². The Morgan fingerprint density at radius 1 is 1.19 bits per heavy atom. The van der Waals surface area contributed by atoms with Crippen LogP contribution in [0.3, 0.4) is 0 Å². The molecule has 0 radical (unpaired) electrons. The van der Waals surface area contributed by atoms with Crippen LogP contribution in [0.15, 0.2) is 51.8 Å². The van der Waals surface area contributed by atoms with Gasteiger partial charge in [-0.25, -0.2) is 9.18 Å². The fourth-order valence-electron chi connectivity index (χ4n) is 1.98. The molecule has 0 spiro atoms. The first-order valence-electron chi connectivity index (χ1n) is 7.75. The molecule has 0 unspecified atom stereocenters. The molecule has 2 rings (SSSR count). The maximum atomic E-state index is 13.4. The number of ether oxygens (including phenoxy) is 1. The Kier molecular flexibility index (Phi) is 7.81. The van der Waals surface area contributed by atoms with Gasteiger partial charge in [-0.3, -0.25) is 14.9 Å². The average Bonchev–Trinajstić information content (AvgIpc) is 2.61. The summed E-state index contributed by atoms with van der Waals surface area (Å²) in [5.41, 5.74) is 0.936. The summed E-state index contributed by atoms with van der Waals surface area (Å²) >= 11 is 4.65. The van der Waals surface area contributed by atoms with Crippen LogP contribution in [-0.2, 0) is 14.3 Å². The van der Waals surface area contributed by atoms with Crippen LogP contribution in [0.1, 0.15) is 5.56 Å². The van der Waals surface area contributed by atoms with Gasteiger partial charge in [0.15, 0.2) is 6.61 Å². The third kappa shape index (κ3) is 7.03. The minimum Gasteiger partial charge on any atom is -0.455 e. The Bertz CT molecular complexity index is 863. The first-order valence-corrected chi connectivity index (χ1v) is 9.53. The van der Waals surface area contributed by atoms with Crippen molar-refractivity contribution in [3.8, 4) is 0 Å². The zero-order valence-corrected chi connectivity index (χ0v) is 16.7. The number of benzene rings is 2. The molecular formula is C18H16BrFN2O4S. The highest BCUT2D eigenvalue weighted by Gasteiger charge is 2.13. The molecule has 0 atom stereocenters. The lowest BCUT2D eigenvalue weighted by Crippen LogP contribution is -2.37. The molecule has 0 aliphatic rings. The fraction of sp³-hybridized carbons (Fsp3) is 0.167. The maximum Gasteiger partial charge on any atom is 0.326 e. The van der Waals surface area contributed by atoms with Crippen molar-refractivity contribution >= 4 is 51.3 Å². The van der Waals surface area contributed by atoms with E-state index in [4.69, 9.17) is 4.74 Å². The summed E-state index contributed by atoms with van der Waals surface area (Å²) in [6, 6.07) is 10.3. The molecule has 2 aromatic rings. The Labute approximate surface area is 168 Å². The Morgan fingerprint density at radius 2 is 1.93 bits per heavy atom. The summed E-state index contributed by atoms with van der Waals surface area (Å²) in [5.74, 6) is -2.02. The van der Waals surface area contributed by atoms with Crippen LogP contribution in [0.2, 0.25) is 0 Å². The number of hydrogen-bond donors (Lipinski definition) is 2. The number of amides is 3. The van der Waals surface area contributed by atoms with Crippen LogP contribution >= 0.6 is 27.7 Å². The second-order valence-electron chi connectivity index (χ2n) is 5.34. The van der Waals surface area contributed by atoms with Crippen molar-refractivity contribution < 1.29 is 23.5 Å². The number of para-hydroxylation sites is 1. The molecular weight excluding hydrogens is 439 g/mol. The SMILES string of the molecule is Cc1cc(Br)ccc1SCC(=O)OCC(=O)NC(=O)Nc1ccccc1F. The van der Waals surface area contributed by atoms with Crippen LogP contribution in [0.4, 0.5) is 14.9 Å². The van der Waals surface area contributed by atoms with Crippen LogP contribution in [-0.4, -0.2) is 30.3 Å². The molecule has 2 aromatic carbocycles. The number of urea groups is 1. The van der Waals surface area contributed by atoms with Crippen LogP contribution < -0.4 is 10.6 Å². The lowest BCUT2D eigenvalue weighted by atomic mass is 10.2. The van der Waals surface area contributed by atoms with Crippen molar-refractivity contribution in [2.45, 2.75) is 11.8 Å². The highest BCUT2D eigenvalue weighted by Crippen LogP contribution is 2.25. The molecule has 142 valence electrons. The van der Waals surface area contributed by atoms with E-state index in [0.29, 0.717) is 0 Å². The van der Waals surface area contributed by atoms with Crippen molar-refractivity contribution in [3.05, 3.63) is 58.3 Å². The number of thioether (sulfide) groups is 1. The predicted molar refractivity (Wildman–Crippen MR) is 104 cm³/mol. The highest BCUT2D eigenvalue weighted by atomic mass is 79.9. The van der Waals surface area contributed by atoms with Gasteiger partial charge in [0.05, 0.1) is 11.4 Å². The summed E-state index contributed by atoms with van der Waals surface area (Å²) in [5, 5.41) is 4.15. The van der Waals surface area contributed by atoms with Gasteiger partial charge < -0.3 is 10.1 Å². The zero-order chi connectivity index (χ0) is 19.8. The third-order valence-corrected chi connectivity index (χ3v) is 4.86. The van der Waals surface area contributed by atoms with Gasteiger partial charge in [0.1, 0.15) is 5.82 Å². The Hall–Kier alpha value is -2.39. The zero-order valence-electron chi connectivity index (χ0n) is 14.3. The third-order valence-electron chi connectivity index (χ3n) is 3.22. The number of carbonyl (C=O) groups is 3. The second kappa shape index (κ2) is 10.1. The summed E-state index contributed by atoms with van der Waals surface area (Å²) in [4.78, 5) is 35.9. The number of halogens is 2. The van der Waals surface area contributed by atoms with Crippen molar-refractivity contribution in [1.82, 2.24) is 5.32 Å². The molecule has 0 saturated heterocycles. The minimum atomic E-state index is -0.916. The van der Waals surface area contributed by atoms with Crippen LogP contribution in [0.5, 0.6) is 0 Å². The van der Waals surface area contributed by atoms with Gasteiger partial charge in [-0.1, -0.05) is 28.1 Å². The van der Waals surface area contributed by atoms with E-state index in [1.165, 1.54) is 36.0 Å². The van der Waals surface area contributed by atoms with Crippen molar-refractivity contribution in [1.29, 1.82) is 0 Å². The van der Waals surface area contributed by atoms with E-state index >= 15 is 0 Å². The molecule has 0 saturated carbocycles. The number of hydrogen-bond acceptors (Lipinski definition) is 5. The van der Waals surface area contributed by atoms with Crippen molar-refractivity contribution in [2.24, 2.45) is 0 Å². The number of imide groups is 1. The van der Waals surface area contributed by atoms with Gasteiger partial charge in [-0.2, -0.15) is 0 Å². The molecule has 0 aliphatic heterocycles. The molecule has 3 amide bonds.